The van der Waals surface area contributed by atoms with Crippen LogP contribution in [0.3, 0.4) is 0 Å². The van der Waals surface area contributed by atoms with E-state index in [1.165, 1.54) is 0 Å². The molecule has 3 atom stereocenters. The van der Waals surface area contributed by atoms with Crippen molar-refractivity contribution >= 4 is 25.3 Å². The maximum atomic E-state index is 12.9. The first-order chi connectivity index (χ1) is 16.6. The van der Waals surface area contributed by atoms with E-state index in [4.69, 9.17) is 4.74 Å². The number of amides is 2. The number of rotatable bonds is 13. The van der Waals surface area contributed by atoms with Gasteiger partial charge in [-0.1, -0.05) is 74.5 Å². The van der Waals surface area contributed by atoms with Crippen LogP contribution < -0.4 is 10.6 Å². The van der Waals surface area contributed by atoms with Gasteiger partial charge in [0, 0.05) is 18.5 Å². The second kappa shape index (κ2) is 13.7. The molecule has 0 aliphatic rings. The van der Waals surface area contributed by atoms with Gasteiger partial charge in [-0.05, 0) is 23.5 Å². The number of hydrogen-bond donors (Lipinski definition) is 4. The van der Waals surface area contributed by atoms with Crippen molar-refractivity contribution in [1.29, 1.82) is 0 Å². The van der Waals surface area contributed by atoms with Crippen LogP contribution in [0.4, 0.5) is 4.79 Å². The Bertz CT molecular complexity index is 1010. The smallest absolute Gasteiger partial charge is 0.407 e. The van der Waals surface area contributed by atoms with Gasteiger partial charge in [0.05, 0.1) is 6.29 Å². The number of aliphatic carboxylic acids is 1. The molecule has 190 valence electrons. The molecule has 0 aliphatic heterocycles. The molecule has 0 aromatic heterocycles. The average Bonchev–Trinajstić information content (AvgIpc) is 2.81. The molecule has 0 spiro atoms. The van der Waals surface area contributed by atoms with Crippen LogP contribution in [0.15, 0.2) is 60.7 Å². The number of benzene rings is 2. The maximum Gasteiger partial charge on any atom is 0.407 e. The largest absolute Gasteiger partial charge is 0.480 e. The van der Waals surface area contributed by atoms with E-state index in [-0.39, 0.29) is 25.4 Å². The highest BCUT2D eigenvalue weighted by Crippen LogP contribution is 2.42. The Kier molecular flexibility index (Phi) is 11.0. The van der Waals surface area contributed by atoms with Crippen molar-refractivity contribution in [2.24, 2.45) is 11.8 Å². The lowest BCUT2D eigenvalue weighted by atomic mass is 9.97. The van der Waals surface area contributed by atoms with Gasteiger partial charge in [-0.15, -0.1) is 0 Å². The predicted octanol–water partition coefficient (Wildman–Crippen LogP) is 3.62. The van der Waals surface area contributed by atoms with Crippen molar-refractivity contribution < 1.29 is 33.7 Å². The van der Waals surface area contributed by atoms with E-state index in [0.717, 1.165) is 11.1 Å². The highest BCUT2D eigenvalue weighted by Gasteiger charge is 2.32. The molecular formula is C25H33N2O7P. The van der Waals surface area contributed by atoms with E-state index in [2.05, 4.69) is 10.6 Å². The van der Waals surface area contributed by atoms with Gasteiger partial charge in [0.1, 0.15) is 12.6 Å². The van der Waals surface area contributed by atoms with Gasteiger partial charge in [0.25, 0.3) is 0 Å². The molecule has 2 aromatic rings. The Hall–Kier alpha value is -3.16. The third-order valence-corrected chi connectivity index (χ3v) is 6.88. The summed E-state index contributed by atoms with van der Waals surface area (Å²) in [6, 6.07) is 16.7. The molecule has 0 radical (unpaired) electrons. The Morgan fingerprint density at radius 3 is 2.09 bits per heavy atom. The van der Waals surface area contributed by atoms with Gasteiger partial charge in [-0.2, -0.15) is 0 Å². The molecule has 0 aliphatic carbocycles. The van der Waals surface area contributed by atoms with Gasteiger partial charge in [-0.25, -0.2) is 9.59 Å². The summed E-state index contributed by atoms with van der Waals surface area (Å²) in [7, 11) is -3.96. The summed E-state index contributed by atoms with van der Waals surface area (Å²) in [4.78, 5) is 47.1. The van der Waals surface area contributed by atoms with Gasteiger partial charge < -0.3 is 25.4 Å². The van der Waals surface area contributed by atoms with Crippen LogP contribution in [0, 0.1) is 11.8 Å². The molecule has 4 N–H and O–H groups in total. The highest BCUT2D eigenvalue weighted by atomic mass is 31.2. The predicted molar refractivity (Wildman–Crippen MR) is 132 cm³/mol. The molecule has 2 aromatic carbocycles. The molecule has 35 heavy (non-hydrogen) atoms. The maximum absolute atomic E-state index is 12.9. The average molecular weight is 505 g/mol. The summed E-state index contributed by atoms with van der Waals surface area (Å²) in [6.45, 7) is 3.74. The quantitative estimate of drug-likeness (QED) is 0.305. The van der Waals surface area contributed by atoms with Crippen LogP contribution in [-0.2, 0) is 31.9 Å². The van der Waals surface area contributed by atoms with E-state index in [9.17, 15) is 28.9 Å². The second-order valence-electron chi connectivity index (χ2n) is 8.84. The zero-order valence-electron chi connectivity index (χ0n) is 19.9. The first kappa shape index (κ1) is 28.1. The number of hydrogen-bond acceptors (Lipinski definition) is 5. The Balaban J connectivity index is 1.96. The van der Waals surface area contributed by atoms with Gasteiger partial charge in [0.2, 0.25) is 13.3 Å². The molecule has 10 heteroatoms. The van der Waals surface area contributed by atoms with E-state index in [1.54, 1.807) is 54.6 Å². The summed E-state index contributed by atoms with van der Waals surface area (Å²) in [5, 5.41) is 14.4. The summed E-state index contributed by atoms with van der Waals surface area (Å²) < 4.78 is 17.8. The van der Waals surface area contributed by atoms with Gasteiger partial charge in [0.15, 0.2) is 0 Å². The normalized spacial score (nSPS) is 14.4. The van der Waals surface area contributed by atoms with Crippen LogP contribution in [-0.4, -0.2) is 46.5 Å². The topological polar surface area (TPSA) is 142 Å². The summed E-state index contributed by atoms with van der Waals surface area (Å²) in [5.74, 6) is -2.68. The number of carbonyl (C=O) groups is 3. The number of carboxylic acids is 1. The van der Waals surface area contributed by atoms with Gasteiger partial charge in [-0.3, -0.25) is 9.36 Å². The lowest BCUT2D eigenvalue weighted by Crippen LogP contribution is -2.46. The minimum absolute atomic E-state index is 0.0127. The first-order valence-electron chi connectivity index (χ1n) is 11.4. The van der Waals surface area contributed by atoms with Crippen molar-refractivity contribution in [3.8, 4) is 0 Å². The van der Waals surface area contributed by atoms with Crippen LogP contribution in [0.5, 0.6) is 0 Å². The first-order valence-corrected chi connectivity index (χ1v) is 13.4. The summed E-state index contributed by atoms with van der Waals surface area (Å²) in [6.07, 6.45) is -1.43. The van der Waals surface area contributed by atoms with E-state index in [1.807, 2.05) is 19.9 Å². The monoisotopic (exact) mass is 504 g/mol. The number of ether oxygens (including phenoxy) is 1. The van der Waals surface area contributed by atoms with Crippen molar-refractivity contribution in [2.45, 2.75) is 39.3 Å². The summed E-state index contributed by atoms with van der Waals surface area (Å²) in [5.41, 5.74) is 1.51. The zero-order valence-corrected chi connectivity index (χ0v) is 20.8. The third-order valence-electron chi connectivity index (χ3n) is 5.21. The number of nitrogens with one attached hydrogen (secondary N) is 2. The number of carboxylic acid groups (broad SMARTS) is 1. The summed E-state index contributed by atoms with van der Waals surface area (Å²) >= 11 is 0. The minimum Gasteiger partial charge on any atom is -0.480 e. The minimum atomic E-state index is -3.96. The molecule has 9 nitrogen and oxygen atoms in total. The standard InChI is InChI=1S/C25H33N2O7P/c1-18(2)13-21(23(28)27-22(24(29)30)14-19-9-5-3-6-10-19)16-35(32,33)17-26-25(31)34-15-20-11-7-4-8-12-20/h3-12,18,21-22H,13-17H2,1-2H3,(H,26,31)(H,27,28)(H,29,30)(H,32,33). The van der Waals surface area contributed by atoms with Crippen LogP contribution in [0.1, 0.15) is 31.4 Å². The Morgan fingerprint density at radius 2 is 1.54 bits per heavy atom. The molecule has 2 rings (SSSR count). The lowest BCUT2D eigenvalue weighted by molar-refractivity contribution is -0.142. The van der Waals surface area contributed by atoms with Crippen molar-refractivity contribution in [2.75, 3.05) is 12.4 Å². The van der Waals surface area contributed by atoms with Crippen LogP contribution in [0.25, 0.3) is 0 Å². The van der Waals surface area contributed by atoms with Crippen LogP contribution >= 0.6 is 7.37 Å². The number of carbonyl (C=O) groups excluding carboxylic acids is 2. The fourth-order valence-electron chi connectivity index (χ4n) is 3.54. The molecule has 0 saturated heterocycles. The SMILES string of the molecule is CC(C)CC(CP(=O)(O)CNC(=O)OCc1ccccc1)C(=O)NC(Cc1ccccc1)C(=O)O. The molecule has 3 unspecified atom stereocenters. The molecular weight excluding hydrogens is 471 g/mol. The van der Waals surface area contributed by atoms with Crippen molar-refractivity contribution in [3.63, 3.8) is 0 Å². The zero-order chi connectivity index (χ0) is 25.8. The van der Waals surface area contributed by atoms with E-state index >= 15 is 0 Å². The fraction of sp³-hybridized carbons (Fsp3) is 0.400. The van der Waals surface area contributed by atoms with E-state index in [0.29, 0.717) is 0 Å². The Labute approximate surface area is 205 Å². The second-order valence-corrected chi connectivity index (χ2v) is 11.2. The van der Waals surface area contributed by atoms with Crippen molar-refractivity contribution in [3.05, 3.63) is 71.8 Å². The number of alkyl carbamates (subject to hydrolysis) is 1. The molecule has 2 amide bonds. The molecule has 0 bridgehead atoms. The third kappa shape index (κ3) is 10.8. The van der Waals surface area contributed by atoms with Crippen LogP contribution in [0.2, 0.25) is 0 Å². The fourth-order valence-corrected chi connectivity index (χ4v) is 5.05. The molecule has 0 heterocycles. The molecule has 0 saturated carbocycles. The van der Waals surface area contributed by atoms with E-state index < -0.39 is 49.7 Å². The Morgan fingerprint density at radius 1 is 0.971 bits per heavy atom. The van der Waals surface area contributed by atoms with Crippen molar-refractivity contribution in [1.82, 2.24) is 10.6 Å². The lowest BCUT2D eigenvalue weighted by Gasteiger charge is -2.24. The van der Waals surface area contributed by atoms with Gasteiger partial charge >= 0.3 is 12.1 Å². The highest BCUT2D eigenvalue weighted by molar-refractivity contribution is 7.58. The molecule has 0 fully saturated rings.